The van der Waals surface area contributed by atoms with Gasteiger partial charge in [0.2, 0.25) is 0 Å². The van der Waals surface area contributed by atoms with Crippen molar-refractivity contribution in [3.05, 3.63) is 46.2 Å². The van der Waals surface area contributed by atoms with Crippen molar-refractivity contribution in [1.82, 2.24) is 10.3 Å². The van der Waals surface area contributed by atoms with Gasteiger partial charge in [-0.1, -0.05) is 13.0 Å². The minimum atomic E-state index is -0.349. The van der Waals surface area contributed by atoms with Crippen molar-refractivity contribution in [2.45, 2.75) is 19.4 Å². The Morgan fingerprint density at radius 1 is 1.47 bits per heavy atom. The van der Waals surface area contributed by atoms with E-state index in [0.717, 1.165) is 24.2 Å². The number of methoxy groups -OCH3 is 1. The molecule has 0 saturated heterocycles. The van der Waals surface area contributed by atoms with Gasteiger partial charge in [0.1, 0.15) is 0 Å². The molecule has 2 rings (SSSR count). The van der Waals surface area contributed by atoms with E-state index < -0.39 is 0 Å². The summed E-state index contributed by atoms with van der Waals surface area (Å²) in [6.45, 7) is 2.95. The van der Waals surface area contributed by atoms with E-state index in [-0.39, 0.29) is 17.6 Å². The summed E-state index contributed by atoms with van der Waals surface area (Å²) in [4.78, 5) is 4.32. The molecule has 19 heavy (non-hydrogen) atoms. The van der Waals surface area contributed by atoms with E-state index in [2.05, 4.69) is 17.2 Å². The second-order valence-corrected chi connectivity index (χ2v) is 4.91. The quantitative estimate of drug-likeness (QED) is 0.881. The maximum atomic E-state index is 13.8. The van der Waals surface area contributed by atoms with E-state index >= 15 is 0 Å². The highest BCUT2D eigenvalue weighted by atomic mass is 32.1. The molecular weight excluding hydrogens is 263 g/mol. The van der Waals surface area contributed by atoms with Gasteiger partial charge in [0.25, 0.3) is 0 Å². The number of rotatable bonds is 6. The minimum absolute atomic E-state index is 0.0772. The van der Waals surface area contributed by atoms with Crippen molar-refractivity contribution in [2.24, 2.45) is 0 Å². The molecule has 1 aromatic carbocycles. The molecule has 5 heteroatoms. The summed E-state index contributed by atoms with van der Waals surface area (Å²) in [5.41, 5.74) is 3.57. The Morgan fingerprint density at radius 2 is 2.32 bits per heavy atom. The van der Waals surface area contributed by atoms with Gasteiger partial charge in [-0.15, -0.1) is 11.3 Å². The first-order chi connectivity index (χ1) is 9.26. The molecule has 1 N–H and O–H groups in total. The van der Waals surface area contributed by atoms with Crippen LogP contribution in [0, 0.1) is 5.82 Å². The number of nitrogens with one attached hydrogen (secondary N) is 1. The van der Waals surface area contributed by atoms with E-state index in [1.165, 1.54) is 24.5 Å². The summed E-state index contributed by atoms with van der Waals surface area (Å²) in [6, 6.07) is 4.95. The predicted octanol–water partition coefficient (Wildman–Crippen LogP) is 3.38. The summed E-state index contributed by atoms with van der Waals surface area (Å²) in [6.07, 6.45) is 1.01. The first-order valence-corrected chi connectivity index (χ1v) is 7.15. The molecule has 2 aromatic rings. The van der Waals surface area contributed by atoms with Crippen LogP contribution < -0.4 is 10.1 Å². The van der Waals surface area contributed by atoms with Crippen LogP contribution in [0.4, 0.5) is 4.39 Å². The van der Waals surface area contributed by atoms with Crippen LogP contribution in [0.5, 0.6) is 5.75 Å². The highest BCUT2D eigenvalue weighted by Crippen LogP contribution is 2.26. The third kappa shape index (κ3) is 3.30. The lowest BCUT2D eigenvalue weighted by Gasteiger charge is -2.17. The number of hydrogen-bond acceptors (Lipinski definition) is 4. The van der Waals surface area contributed by atoms with Crippen LogP contribution >= 0.6 is 11.3 Å². The largest absolute Gasteiger partial charge is 0.494 e. The third-order valence-corrected chi connectivity index (χ3v) is 3.46. The molecule has 1 aromatic heterocycles. The fraction of sp³-hybridized carbons (Fsp3) is 0.357. The number of thiazole rings is 1. The van der Waals surface area contributed by atoms with Crippen LogP contribution in [-0.4, -0.2) is 18.6 Å². The normalized spacial score (nSPS) is 12.4. The van der Waals surface area contributed by atoms with Gasteiger partial charge in [0.15, 0.2) is 11.6 Å². The van der Waals surface area contributed by atoms with Crippen molar-refractivity contribution in [3.8, 4) is 5.75 Å². The second kappa shape index (κ2) is 6.63. The number of ether oxygens (including phenoxy) is 1. The van der Waals surface area contributed by atoms with Gasteiger partial charge >= 0.3 is 0 Å². The molecule has 0 aliphatic carbocycles. The number of benzene rings is 1. The van der Waals surface area contributed by atoms with E-state index in [9.17, 15) is 4.39 Å². The van der Waals surface area contributed by atoms with Gasteiger partial charge < -0.3 is 10.1 Å². The molecule has 0 aliphatic heterocycles. The van der Waals surface area contributed by atoms with Crippen molar-refractivity contribution < 1.29 is 9.13 Å². The molecule has 0 aliphatic rings. The average Bonchev–Trinajstić information content (AvgIpc) is 2.93. The zero-order chi connectivity index (χ0) is 13.7. The fourth-order valence-electron chi connectivity index (χ4n) is 1.91. The van der Waals surface area contributed by atoms with Crippen LogP contribution in [0.2, 0.25) is 0 Å². The van der Waals surface area contributed by atoms with Gasteiger partial charge in [-0.25, -0.2) is 9.37 Å². The monoisotopic (exact) mass is 280 g/mol. The van der Waals surface area contributed by atoms with E-state index in [0.29, 0.717) is 0 Å². The zero-order valence-electron chi connectivity index (χ0n) is 11.0. The Hall–Kier alpha value is -1.46. The second-order valence-electron chi connectivity index (χ2n) is 4.19. The number of halogens is 1. The van der Waals surface area contributed by atoms with Crippen molar-refractivity contribution in [1.29, 1.82) is 0 Å². The molecule has 3 nitrogen and oxygen atoms in total. The van der Waals surface area contributed by atoms with Crippen molar-refractivity contribution in [2.75, 3.05) is 13.7 Å². The zero-order valence-corrected chi connectivity index (χ0v) is 11.8. The van der Waals surface area contributed by atoms with Crippen LogP contribution in [-0.2, 0) is 0 Å². The van der Waals surface area contributed by atoms with Crippen molar-refractivity contribution >= 4 is 11.3 Å². The van der Waals surface area contributed by atoms with E-state index in [1.807, 2.05) is 11.4 Å². The van der Waals surface area contributed by atoms with Crippen LogP contribution in [0.25, 0.3) is 0 Å². The van der Waals surface area contributed by atoms with Gasteiger partial charge in [-0.05, 0) is 30.7 Å². The van der Waals surface area contributed by atoms with Crippen LogP contribution in [0.3, 0.4) is 0 Å². The molecule has 0 spiro atoms. The van der Waals surface area contributed by atoms with Gasteiger partial charge in [0.05, 0.1) is 24.4 Å². The number of aromatic nitrogens is 1. The molecule has 1 heterocycles. The Balaban J connectivity index is 2.30. The molecule has 0 radical (unpaired) electrons. The molecule has 0 amide bonds. The smallest absolute Gasteiger partial charge is 0.165 e. The SMILES string of the molecule is CCCNC(c1ccc(OC)c(F)c1)c1cscn1. The highest BCUT2D eigenvalue weighted by Gasteiger charge is 2.17. The molecule has 1 unspecified atom stereocenters. The number of nitrogens with zero attached hydrogens (tertiary/aromatic N) is 1. The first kappa shape index (κ1) is 14.0. The Morgan fingerprint density at radius 3 is 2.89 bits per heavy atom. The maximum Gasteiger partial charge on any atom is 0.165 e. The predicted molar refractivity (Wildman–Crippen MR) is 75.2 cm³/mol. The maximum absolute atomic E-state index is 13.8. The topological polar surface area (TPSA) is 34.1 Å². The lowest BCUT2D eigenvalue weighted by molar-refractivity contribution is 0.385. The average molecular weight is 280 g/mol. The van der Waals surface area contributed by atoms with Gasteiger partial charge in [0, 0.05) is 5.38 Å². The molecule has 0 bridgehead atoms. The fourth-order valence-corrected chi connectivity index (χ4v) is 2.49. The Kier molecular flexibility index (Phi) is 4.87. The standard InChI is InChI=1S/C14H17FN2OS/c1-3-6-16-14(12-8-19-9-17-12)10-4-5-13(18-2)11(15)7-10/h4-5,7-9,14,16H,3,6H2,1-2H3. The van der Waals surface area contributed by atoms with Gasteiger partial charge in [-0.3, -0.25) is 0 Å². The molecular formula is C14H17FN2OS. The van der Waals surface area contributed by atoms with E-state index in [4.69, 9.17) is 4.74 Å². The molecule has 1 atom stereocenters. The van der Waals surface area contributed by atoms with Crippen LogP contribution in [0.15, 0.2) is 29.1 Å². The molecule has 102 valence electrons. The third-order valence-electron chi connectivity index (χ3n) is 2.85. The van der Waals surface area contributed by atoms with E-state index in [1.54, 1.807) is 11.6 Å². The summed E-state index contributed by atoms with van der Waals surface area (Å²) in [5, 5.41) is 5.37. The molecule has 0 fully saturated rings. The lowest BCUT2D eigenvalue weighted by Crippen LogP contribution is -2.23. The Labute approximate surface area is 116 Å². The summed E-state index contributed by atoms with van der Waals surface area (Å²) in [7, 11) is 1.46. The van der Waals surface area contributed by atoms with Gasteiger partial charge in [-0.2, -0.15) is 0 Å². The first-order valence-electron chi connectivity index (χ1n) is 6.21. The summed E-state index contributed by atoms with van der Waals surface area (Å²) < 4.78 is 18.7. The minimum Gasteiger partial charge on any atom is -0.494 e. The summed E-state index contributed by atoms with van der Waals surface area (Å²) >= 11 is 1.54. The lowest BCUT2D eigenvalue weighted by atomic mass is 10.0. The Bertz CT molecular complexity index is 516. The number of hydrogen-bond donors (Lipinski definition) is 1. The highest BCUT2D eigenvalue weighted by molar-refractivity contribution is 7.07. The molecule has 0 saturated carbocycles. The van der Waals surface area contributed by atoms with Crippen LogP contribution in [0.1, 0.15) is 30.6 Å². The summed E-state index contributed by atoms with van der Waals surface area (Å²) in [5.74, 6) is -0.0882. The van der Waals surface area contributed by atoms with Crippen molar-refractivity contribution in [3.63, 3.8) is 0 Å².